The number of hydrogen-bond acceptors (Lipinski definition) is 3. The van der Waals surface area contributed by atoms with E-state index in [0.29, 0.717) is 5.92 Å². The average Bonchev–Trinajstić information content (AvgIpc) is 1.98. The Balaban J connectivity index is 3.73. The van der Waals surface area contributed by atoms with Gasteiger partial charge in [0.1, 0.15) is 0 Å². The zero-order valence-electron chi connectivity index (χ0n) is 9.42. The fourth-order valence-corrected chi connectivity index (χ4v) is 1.40. The molecular formula is C10H24N2O. The van der Waals surface area contributed by atoms with Crippen LogP contribution in [0.4, 0.5) is 0 Å². The summed E-state index contributed by atoms with van der Waals surface area (Å²) in [7, 11) is 1.74. The van der Waals surface area contributed by atoms with Gasteiger partial charge in [-0.25, -0.2) is 0 Å². The van der Waals surface area contributed by atoms with Gasteiger partial charge in [0.05, 0.1) is 6.61 Å². The topological polar surface area (TPSA) is 38.5 Å². The second-order valence-electron chi connectivity index (χ2n) is 4.12. The molecule has 0 aromatic heterocycles. The Morgan fingerprint density at radius 2 is 1.85 bits per heavy atom. The molecule has 0 aromatic carbocycles. The smallest absolute Gasteiger partial charge is 0.0589 e. The van der Waals surface area contributed by atoms with Crippen LogP contribution in [-0.2, 0) is 4.74 Å². The predicted molar refractivity (Wildman–Crippen MR) is 56.8 cm³/mol. The molecule has 1 unspecified atom stereocenters. The summed E-state index contributed by atoms with van der Waals surface area (Å²) in [5.74, 6) is 0.690. The van der Waals surface area contributed by atoms with Crippen molar-refractivity contribution in [2.75, 3.05) is 33.4 Å². The minimum Gasteiger partial charge on any atom is -0.383 e. The predicted octanol–water partition coefficient (Wildman–Crippen LogP) is 0.938. The first-order valence-corrected chi connectivity index (χ1v) is 5.03. The maximum absolute atomic E-state index is 5.76. The van der Waals surface area contributed by atoms with Crippen LogP contribution in [0.15, 0.2) is 0 Å². The highest BCUT2D eigenvalue weighted by molar-refractivity contribution is 4.65. The van der Waals surface area contributed by atoms with Crippen molar-refractivity contribution in [3.8, 4) is 0 Å². The van der Waals surface area contributed by atoms with E-state index in [1.54, 1.807) is 7.11 Å². The summed E-state index contributed by atoms with van der Waals surface area (Å²) in [6.45, 7) is 10.3. The first kappa shape index (κ1) is 12.9. The summed E-state index contributed by atoms with van der Waals surface area (Å²) < 4.78 is 5.05. The molecule has 3 heteroatoms. The zero-order chi connectivity index (χ0) is 10.3. The molecular weight excluding hydrogens is 164 g/mol. The second-order valence-corrected chi connectivity index (χ2v) is 4.12. The van der Waals surface area contributed by atoms with Gasteiger partial charge in [-0.1, -0.05) is 13.8 Å². The van der Waals surface area contributed by atoms with Gasteiger partial charge in [0.25, 0.3) is 0 Å². The lowest BCUT2D eigenvalue weighted by Crippen LogP contribution is -2.39. The Labute approximate surface area is 82.2 Å². The van der Waals surface area contributed by atoms with Crippen LogP contribution >= 0.6 is 0 Å². The van der Waals surface area contributed by atoms with Crippen LogP contribution in [0.1, 0.15) is 20.8 Å². The van der Waals surface area contributed by atoms with Crippen molar-refractivity contribution in [1.29, 1.82) is 0 Å². The molecule has 13 heavy (non-hydrogen) atoms. The van der Waals surface area contributed by atoms with Crippen molar-refractivity contribution in [2.45, 2.75) is 26.8 Å². The van der Waals surface area contributed by atoms with Crippen LogP contribution in [0.25, 0.3) is 0 Å². The Morgan fingerprint density at radius 3 is 2.23 bits per heavy atom. The summed E-state index contributed by atoms with van der Waals surface area (Å²) in [5.41, 5.74) is 5.76. The van der Waals surface area contributed by atoms with Crippen molar-refractivity contribution < 1.29 is 4.74 Å². The van der Waals surface area contributed by atoms with Gasteiger partial charge in [-0.2, -0.15) is 0 Å². The first-order valence-electron chi connectivity index (χ1n) is 5.03. The Morgan fingerprint density at radius 1 is 1.23 bits per heavy atom. The molecule has 2 N–H and O–H groups in total. The van der Waals surface area contributed by atoms with Gasteiger partial charge >= 0.3 is 0 Å². The van der Waals surface area contributed by atoms with Crippen molar-refractivity contribution in [1.82, 2.24) is 4.90 Å². The van der Waals surface area contributed by atoms with E-state index in [-0.39, 0.29) is 6.04 Å². The molecule has 0 amide bonds. The molecule has 1 atom stereocenters. The standard InChI is InChI=1S/C10H24N2O/c1-9(2)7-12(5-6-13-4)8-10(3)11/h9-10H,5-8,11H2,1-4H3. The highest BCUT2D eigenvalue weighted by atomic mass is 16.5. The highest BCUT2D eigenvalue weighted by Gasteiger charge is 2.08. The number of nitrogens with two attached hydrogens (primary N) is 1. The third kappa shape index (κ3) is 8.22. The third-order valence-corrected chi connectivity index (χ3v) is 1.78. The summed E-state index contributed by atoms with van der Waals surface area (Å²) in [6.07, 6.45) is 0. The van der Waals surface area contributed by atoms with Gasteiger partial charge in [-0.05, 0) is 12.8 Å². The SMILES string of the molecule is COCCN(CC(C)C)CC(C)N. The average molecular weight is 188 g/mol. The summed E-state index contributed by atoms with van der Waals surface area (Å²) in [6, 6.07) is 0.246. The molecule has 0 heterocycles. The molecule has 0 bridgehead atoms. The maximum atomic E-state index is 5.76. The molecule has 0 saturated heterocycles. The van der Waals surface area contributed by atoms with E-state index in [0.717, 1.165) is 26.2 Å². The minimum absolute atomic E-state index is 0.246. The van der Waals surface area contributed by atoms with Crippen LogP contribution in [0.2, 0.25) is 0 Å². The van der Waals surface area contributed by atoms with Crippen molar-refractivity contribution in [3.05, 3.63) is 0 Å². The summed E-state index contributed by atoms with van der Waals surface area (Å²) in [5, 5.41) is 0. The molecule has 0 radical (unpaired) electrons. The van der Waals surface area contributed by atoms with Crippen LogP contribution in [0, 0.1) is 5.92 Å². The lowest BCUT2D eigenvalue weighted by atomic mass is 10.2. The van der Waals surface area contributed by atoms with Crippen molar-refractivity contribution in [2.24, 2.45) is 11.7 Å². The molecule has 0 spiro atoms. The number of hydrogen-bond donors (Lipinski definition) is 1. The normalized spacial score (nSPS) is 14.1. The van der Waals surface area contributed by atoms with E-state index in [2.05, 4.69) is 18.7 Å². The molecule has 0 aliphatic carbocycles. The quantitative estimate of drug-likeness (QED) is 0.646. The van der Waals surface area contributed by atoms with Crippen LogP contribution in [-0.4, -0.2) is 44.3 Å². The van der Waals surface area contributed by atoms with E-state index in [4.69, 9.17) is 10.5 Å². The fraction of sp³-hybridized carbons (Fsp3) is 1.00. The lowest BCUT2D eigenvalue weighted by molar-refractivity contribution is 0.137. The largest absolute Gasteiger partial charge is 0.383 e. The van der Waals surface area contributed by atoms with Crippen LogP contribution < -0.4 is 5.73 Å². The first-order chi connectivity index (χ1) is 6.06. The van der Waals surface area contributed by atoms with Crippen molar-refractivity contribution >= 4 is 0 Å². The van der Waals surface area contributed by atoms with Crippen LogP contribution in [0.3, 0.4) is 0 Å². The molecule has 0 aliphatic heterocycles. The van der Waals surface area contributed by atoms with Gasteiger partial charge in [-0.3, -0.25) is 4.90 Å². The zero-order valence-corrected chi connectivity index (χ0v) is 9.42. The van der Waals surface area contributed by atoms with Crippen molar-refractivity contribution in [3.63, 3.8) is 0 Å². The molecule has 3 nitrogen and oxygen atoms in total. The Hall–Kier alpha value is -0.120. The van der Waals surface area contributed by atoms with E-state index in [1.807, 2.05) is 6.92 Å². The van der Waals surface area contributed by atoms with Gasteiger partial charge in [0, 0.05) is 32.8 Å². The van der Waals surface area contributed by atoms with E-state index >= 15 is 0 Å². The number of rotatable bonds is 7. The molecule has 0 saturated carbocycles. The molecule has 0 aromatic rings. The molecule has 80 valence electrons. The lowest BCUT2D eigenvalue weighted by Gasteiger charge is -2.25. The fourth-order valence-electron chi connectivity index (χ4n) is 1.40. The van der Waals surface area contributed by atoms with E-state index < -0.39 is 0 Å². The number of methoxy groups -OCH3 is 1. The van der Waals surface area contributed by atoms with Gasteiger partial charge in [0.2, 0.25) is 0 Å². The molecule has 0 rings (SSSR count). The maximum Gasteiger partial charge on any atom is 0.0589 e. The highest BCUT2D eigenvalue weighted by Crippen LogP contribution is 1.99. The number of ether oxygens (including phenoxy) is 1. The number of nitrogens with zero attached hydrogens (tertiary/aromatic N) is 1. The monoisotopic (exact) mass is 188 g/mol. The summed E-state index contributed by atoms with van der Waals surface area (Å²) >= 11 is 0. The molecule has 0 fully saturated rings. The van der Waals surface area contributed by atoms with Gasteiger partial charge in [0.15, 0.2) is 0 Å². The third-order valence-electron chi connectivity index (χ3n) is 1.78. The van der Waals surface area contributed by atoms with E-state index in [9.17, 15) is 0 Å². The van der Waals surface area contributed by atoms with Gasteiger partial charge < -0.3 is 10.5 Å². The van der Waals surface area contributed by atoms with Gasteiger partial charge in [-0.15, -0.1) is 0 Å². The minimum atomic E-state index is 0.246. The summed E-state index contributed by atoms with van der Waals surface area (Å²) in [4.78, 5) is 2.36. The van der Waals surface area contributed by atoms with E-state index in [1.165, 1.54) is 0 Å². The second kappa shape index (κ2) is 7.30. The Kier molecular flexibility index (Phi) is 7.23. The van der Waals surface area contributed by atoms with Crippen LogP contribution in [0.5, 0.6) is 0 Å². The molecule has 0 aliphatic rings. The Bertz CT molecular complexity index is 105.